The van der Waals surface area contributed by atoms with Gasteiger partial charge in [-0.1, -0.05) is 18.6 Å². The fourth-order valence-electron chi connectivity index (χ4n) is 4.29. The summed E-state index contributed by atoms with van der Waals surface area (Å²) >= 11 is 0. The molecule has 0 aliphatic carbocycles. The highest BCUT2D eigenvalue weighted by atomic mass is 19.2. The molecule has 33 heavy (non-hydrogen) atoms. The molecule has 168 valence electrons. The van der Waals surface area contributed by atoms with Crippen LogP contribution in [-0.4, -0.2) is 39.1 Å². The minimum Gasteiger partial charge on any atom is -0.305 e. The van der Waals surface area contributed by atoms with E-state index in [-0.39, 0.29) is 11.3 Å². The Kier molecular flexibility index (Phi) is 5.83. The van der Waals surface area contributed by atoms with Crippen molar-refractivity contribution in [1.29, 1.82) is 0 Å². The molecule has 1 saturated heterocycles. The van der Waals surface area contributed by atoms with Gasteiger partial charge in [-0.2, -0.15) is 5.10 Å². The third-order valence-electron chi connectivity index (χ3n) is 5.94. The van der Waals surface area contributed by atoms with E-state index >= 15 is 0 Å². The van der Waals surface area contributed by atoms with Crippen molar-refractivity contribution in [2.75, 3.05) is 18.4 Å². The number of fused-ring (bicyclic) bond motifs is 1. The lowest BCUT2D eigenvalue weighted by atomic mass is 9.99. The summed E-state index contributed by atoms with van der Waals surface area (Å²) in [6.07, 6.45) is 5.03. The fraction of sp³-hybridized carbons (Fsp3) is 0.240. The smallest absolute Gasteiger partial charge is 0.277 e. The molecule has 5 rings (SSSR count). The summed E-state index contributed by atoms with van der Waals surface area (Å²) in [4.78, 5) is 19.1. The van der Waals surface area contributed by atoms with Crippen LogP contribution in [0.1, 0.15) is 35.3 Å². The van der Waals surface area contributed by atoms with E-state index in [1.54, 1.807) is 48.7 Å². The SMILES string of the molecule is O=C(Nc1ccccn1)c1n[nH]c2ccc(-c3cc(CN4CCCCC4)cc(F)c3F)cc12. The van der Waals surface area contributed by atoms with E-state index in [1.807, 2.05) is 0 Å². The number of carbonyl (C=O) groups is 1. The lowest BCUT2D eigenvalue weighted by Crippen LogP contribution is -2.29. The number of nitrogens with zero attached hydrogens (tertiary/aromatic N) is 3. The maximum absolute atomic E-state index is 14.8. The average molecular weight is 447 g/mol. The zero-order chi connectivity index (χ0) is 22.8. The third-order valence-corrected chi connectivity index (χ3v) is 5.94. The van der Waals surface area contributed by atoms with Crippen molar-refractivity contribution in [2.24, 2.45) is 0 Å². The second-order valence-electron chi connectivity index (χ2n) is 8.28. The maximum atomic E-state index is 14.8. The molecule has 8 heteroatoms. The Hall–Kier alpha value is -3.65. The predicted octanol–water partition coefficient (Wildman–Crippen LogP) is 5.14. The molecule has 0 bridgehead atoms. The lowest BCUT2D eigenvalue weighted by molar-refractivity contribution is 0.102. The molecule has 2 N–H and O–H groups in total. The van der Waals surface area contributed by atoms with Crippen molar-refractivity contribution >= 4 is 22.6 Å². The molecule has 0 unspecified atom stereocenters. The first kappa shape index (κ1) is 21.2. The Morgan fingerprint density at radius 3 is 2.70 bits per heavy atom. The molecule has 2 aromatic carbocycles. The quantitative estimate of drug-likeness (QED) is 0.444. The van der Waals surface area contributed by atoms with Crippen molar-refractivity contribution in [3.8, 4) is 11.1 Å². The van der Waals surface area contributed by atoms with Gasteiger partial charge in [0.2, 0.25) is 0 Å². The van der Waals surface area contributed by atoms with Crippen LogP contribution in [-0.2, 0) is 6.54 Å². The topological polar surface area (TPSA) is 73.9 Å². The molecule has 1 amide bonds. The number of benzene rings is 2. The van der Waals surface area contributed by atoms with Gasteiger partial charge in [0.05, 0.1) is 5.52 Å². The number of nitrogens with one attached hydrogen (secondary N) is 2. The fourth-order valence-corrected chi connectivity index (χ4v) is 4.29. The summed E-state index contributed by atoms with van der Waals surface area (Å²) in [5.74, 6) is -1.82. The standard InChI is InChI=1S/C25H23F2N5O/c26-20-13-16(15-32-10-4-1-5-11-32)12-18(23(20)27)17-7-8-21-19(14-17)24(31-30-21)25(33)29-22-6-2-3-9-28-22/h2-3,6-9,12-14H,1,4-5,10-11,15H2,(H,30,31)(H,28,29,33). The number of likely N-dealkylation sites (tertiary alicyclic amines) is 1. The molecule has 1 aliphatic heterocycles. The van der Waals surface area contributed by atoms with Crippen LogP contribution < -0.4 is 5.32 Å². The van der Waals surface area contributed by atoms with Crippen LogP contribution in [0.25, 0.3) is 22.0 Å². The first-order chi connectivity index (χ1) is 16.1. The van der Waals surface area contributed by atoms with E-state index < -0.39 is 17.5 Å². The number of rotatable bonds is 5. The monoisotopic (exact) mass is 447 g/mol. The highest BCUT2D eigenvalue weighted by Gasteiger charge is 2.19. The van der Waals surface area contributed by atoms with Crippen LogP contribution in [0.15, 0.2) is 54.7 Å². The Morgan fingerprint density at radius 1 is 1.06 bits per heavy atom. The second kappa shape index (κ2) is 9.07. The van der Waals surface area contributed by atoms with Crippen molar-refractivity contribution in [3.05, 3.63) is 77.6 Å². The molecule has 0 radical (unpaired) electrons. The molecular formula is C25H23F2N5O. The van der Waals surface area contributed by atoms with Crippen LogP contribution >= 0.6 is 0 Å². The summed E-state index contributed by atoms with van der Waals surface area (Å²) in [6, 6.07) is 13.2. The molecular weight excluding hydrogens is 424 g/mol. The van der Waals surface area contributed by atoms with Gasteiger partial charge < -0.3 is 5.32 Å². The maximum Gasteiger partial charge on any atom is 0.277 e. The van der Waals surface area contributed by atoms with Gasteiger partial charge in [-0.15, -0.1) is 0 Å². The van der Waals surface area contributed by atoms with Crippen LogP contribution in [0.3, 0.4) is 0 Å². The Morgan fingerprint density at radius 2 is 1.91 bits per heavy atom. The average Bonchev–Trinajstić information content (AvgIpc) is 3.26. The van der Waals surface area contributed by atoms with E-state index in [9.17, 15) is 13.6 Å². The van der Waals surface area contributed by atoms with Crippen molar-refractivity contribution in [2.45, 2.75) is 25.8 Å². The van der Waals surface area contributed by atoms with E-state index in [1.165, 1.54) is 12.5 Å². The molecule has 4 aromatic rings. The lowest BCUT2D eigenvalue weighted by Gasteiger charge is -2.26. The number of aromatic nitrogens is 3. The van der Waals surface area contributed by atoms with Gasteiger partial charge in [0, 0.05) is 23.7 Å². The number of H-pyrrole nitrogens is 1. The third kappa shape index (κ3) is 4.47. The number of hydrogen-bond donors (Lipinski definition) is 2. The number of halogens is 2. The number of amides is 1. The number of pyridine rings is 1. The summed E-state index contributed by atoms with van der Waals surface area (Å²) in [5, 5.41) is 10.2. The van der Waals surface area contributed by atoms with Crippen molar-refractivity contribution in [3.63, 3.8) is 0 Å². The van der Waals surface area contributed by atoms with Crippen LogP contribution in [0.5, 0.6) is 0 Å². The van der Waals surface area contributed by atoms with Gasteiger partial charge in [0.1, 0.15) is 5.82 Å². The molecule has 0 atom stereocenters. The minimum atomic E-state index is -0.903. The van der Waals surface area contributed by atoms with Gasteiger partial charge in [-0.05, 0) is 73.5 Å². The first-order valence-corrected chi connectivity index (χ1v) is 11.0. The van der Waals surface area contributed by atoms with Crippen LogP contribution in [0.2, 0.25) is 0 Å². The summed E-state index contributed by atoms with van der Waals surface area (Å²) < 4.78 is 29.3. The Labute approximate surface area is 189 Å². The number of aromatic amines is 1. The molecule has 0 saturated carbocycles. The number of hydrogen-bond acceptors (Lipinski definition) is 4. The molecule has 1 aliphatic rings. The predicted molar refractivity (Wildman–Crippen MR) is 123 cm³/mol. The number of piperidine rings is 1. The van der Waals surface area contributed by atoms with Gasteiger partial charge in [-0.25, -0.2) is 13.8 Å². The van der Waals surface area contributed by atoms with Crippen LogP contribution in [0, 0.1) is 11.6 Å². The highest BCUT2D eigenvalue weighted by Crippen LogP contribution is 2.30. The van der Waals surface area contributed by atoms with Gasteiger partial charge in [-0.3, -0.25) is 14.8 Å². The minimum absolute atomic E-state index is 0.155. The second-order valence-corrected chi connectivity index (χ2v) is 8.28. The molecule has 2 aromatic heterocycles. The van der Waals surface area contributed by atoms with E-state index in [4.69, 9.17) is 0 Å². The van der Waals surface area contributed by atoms with E-state index in [2.05, 4.69) is 25.4 Å². The van der Waals surface area contributed by atoms with E-state index in [0.717, 1.165) is 31.5 Å². The zero-order valence-electron chi connectivity index (χ0n) is 17.9. The Balaban J connectivity index is 1.48. The van der Waals surface area contributed by atoms with Crippen molar-refractivity contribution in [1.82, 2.24) is 20.1 Å². The van der Waals surface area contributed by atoms with Gasteiger partial charge in [0.25, 0.3) is 5.91 Å². The molecule has 3 heterocycles. The Bertz CT molecular complexity index is 1300. The molecule has 0 spiro atoms. The van der Waals surface area contributed by atoms with Gasteiger partial charge in [0.15, 0.2) is 17.3 Å². The highest BCUT2D eigenvalue weighted by molar-refractivity contribution is 6.11. The zero-order valence-corrected chi connectivity index (χ0v) is 17.9. The van der Waals surface area contributed by atoms with Crippen LogP contribution in [0.4, 0.5) is 14.6 Å². The number of anilines is 1. The first-order valence-electron chi connectivity index (χ1n) is 11.0. The molecule has 1 fully saturated rings. The summed E-state index contributed by atoms with van der Waals surface area (Å²) in [7, 11) is 0. The number of carbonyl (C=O) groups excluding carboxylic acids is 1. The largest absolute Gasteiger partial charge is 0.305 e. The van der Waals surface area contributed by atoms with E-state index in [0.29, 0.717) is 28.8 Å². The van der Waals surface area contributed by atoms with Gasteiger partial charge >= 0.3 is 0 Å². The van der Waals surface area contributed by atoms with Crippen molar-refractivity contribution < 1.29 is 13.6 Å². The summed E-state index contributed by atoms with van der Waals surface area (Å²) in [6.45, 7) is 2.50. The molecule has 6 nitrogen and oxygen atoms in total. The summed E-state index contributed by atoms with van der Waals surface area (Å²) in [5.41, 5.74) is 2.15. The normalized spacial score (nSPS) is 14.5.